The lowest BCUT2D eigenvalue weighted by Gasteiger charge is -2.10. The number of aromatic nitrogens is 5. The van der Waals surface area contributed by atoms with Gasteiger partial charge >= 0.3 is 0 Å². The van der Waals surface area contributed by atoms with Crippen molar-refractivity contribution in [2.75, 3.05) is 5.32 Å². The molecule has 0 saturated carbocycles. The third kappa shape index (κ3) is 4.75. The Morgan fingerprint density at radius 1 is 1.03 bits per heavy atom. The lowest BCUT2D eigenvalue weighted by atomic mass is 10.2. The number of fused-ring (bicyclic) bond motifs is 1. The molecule has 0 unspecified atom stereocenters. The smallest absolute Gasteiger partial charge is 0.255 e. The zero-order valence-electron chi connectivity index (χ0n) is 18.1. The molecule has 8 nitrogen and oxygen atoms in total. The molecule has 5 rings (SSSR count). The second kappa shape index (κ2) is 9.50. The molecular formula is C26H24N6O2. The number of hydrogen-bond donors (Lipinski definition) is 1. The normalized spacial score (nSPS) is 10.5. The third-order valence-corrected chi connectivity index (χ3v) is 4.97. The summed E-state index contributed by atoms with van der Waals surface area (Å²) in [6, 6.07) is 18.3. The first-order valence-electron chi connectivity index (χ1n) is 10.3. The maximum Gasteiger partial charge on any atom is 0.255 e. The van der Waals surface area contributed by atoms with E-state index in [4.69, 9.17) is 4.74 Å². The van der Waals surface area contributed by atoms with Crippen molar-refractivity contribution in [3.8, 4) is 23.0 Å². The Bertz CT molecular complexity index is 1460. The topological polar surface area (TPSA) is 94.8 Å². The maximum atomic E-state index is 12.8. The van der Waals surface area contributed by atoms with Crippen LogP contribution in [0.5, 0.6) is 11.6 Å². The van der Waals surface area contributed by atoms with Crippen molar-refractivity contribution in [2.45, 2.75) is 14.4 Å². The summed E-state index contributed by atoms with van der Waals surface area (Å²) in [6.45, 7) is 1.98. The van der Waals surface area contributed by atoms with E-state index in [9.17, 15) is 4.79 Å². The average molecular weight is 453 g/mol. The zero-order chi connectivity index (χ0) is 22.8. The quantitative estimate of drug-likeness (QED) is 0.383. The van der Waals surface area contributed by atoms with Gasteiger partial charge in [-0.1, -0.05) is 25.6 Å². The van der Waals surface area contributed by atoms with Crippen molar-refractivity contribution in [3.05, 3.63) is 90.4 Å². The number of carbonyl (C=O) groups is 1. The van der Waals surface area contributed by atoms with E-state index >= 15 is 0 Å². The number of pyridine rings is 1. The van der Waals surface area contributed by atoms with Crippen LogP contribution in [-0.4, -0.2) is 30.6 Å². The van der Waals surface area contributed by atoms with Gasteiger partial charge in [0, 0.05) is 42.5 Å². The third-order valence-electron chi connectivity index (χ3n) is 4.97. The molecule has 3 heterocycles. The molecule has 5 aromatic rings. The molecule has 0 bridgehead atoms. The Hall–Kier alpha value is -4.59. The Kier molecular flexibility index (Phi) is 6.31. The zero-order valence-corrected chi connectivity index (χ0v) is 18.1. The van der Waals surface area contributed by atoms with Gasteiger partial charge < -0.3 is 10.1 Å². The molecular weight excluding hydrogens is 428 g/mol. The molecule has 1 N–H and O–H groups in total. The standard InChI is InChI=1S/C25H20N6O2.CH4/c1-16-6-3-9-19(12-16)27-24(32)17-7-4-10-20(13-17)33-25-21-15-31(2)30-23(21)28-22(29-25)18-8-5-11-26-14-18;/h3-15H,1-2H3,(H,27,32);1H4. The fraction of sp³-hybridized carbons (Fsp3) is 0.115. The summed E-state index contributed by atoms with van der Waals surface area (Å²) >= 11 is 0. The van der Waals surface area contributed by atoms with Crippen LogP contribution in [0.4, 0.5) is 5.69 Å². The summed E-state index contributed by atoms with van der Waals surface area (Å²) < 4.78 is 7.78. The van der Waals surface area contributed by atoms with Gasteiger partial charge in [0.25, 0.3) is 5.91 Å². The summed E-state index contributed by atoms with van der Waals surface area (Å²) in [4.78, 5) is 26.1. The van der Waals surface area contributed by atoms with Crippen LogP contribution >= 0.6 is 0 Å². The van der Waals surface area contributed by atoms with Crippen molar-refractivity contribution < 1.29 is 9.53 Å². The predicted octanol–water partition coefficient (Wildman–Crippen LogP) is 5.41. The summed E-state index contributed by atoms with van der Waals surface area (Å²) in [5.74, 6) is 1.06. The van der Waals surface area contributed by atoms with Crippen molar-refractivity contribution in [3.63, 3.8) is 0 Å². The van der Waals surface area contributed by atoms with E-state index in [1.54, 1.807) is 47.5 Å². The van der Waals surface area contributed by atoms with Crippen LogP contribution in [0.15, 0.2) is 79.3 Å². The maximum absolute atomic E-state index is 12.8. The van der Waals surface area contributed by atoms with Gasteiger partial charge in [0.05, 0.1) is 0 Å². The SMILES string of the molecule is C.Cc1cccc(NC(=O)c2cccc(Oc3nc(-c4cccnc4)nc4nn(C)cc34)c2)c1. The summed E-state index contributed by atoms with van der Waals surface area (Å²) in [6.07, 6.45) is 5.17. The first-order valence-corrected chi connectivity index (χ1v) is 10.3. The van der Waals surface area contributed by atoms with Crippen LogP contribution in [0, 0.1) is 6.92 Å². The van der Waals surface area contributed by atoms with Crippen LogP contribution < -0.4 is 10.1 Å². The van der Waals surface area contributed by atoms with Gasteiger partial charge in [-0.15, -0.1) is 0 Å². The van der Waals surface area contributed by atoms with Gasteiger partial charge in [0.2, 0.25) is 5.88 Å². The van der Waals surface area contributed by atoms with E-state index < -0.39 is 0 Å². The van der Waals surface area contributed by atoms with Crippen molar-refractivity contribution in [1.82, 2.24) is 24.7 Å². The first-order chi connectivity index (χ1) is 16.0. The molecule has 1 amide bonds. The highest BCUT2D eigenvalue weighted by atomic mass is 16.5. The summed E-state index contributed by atoms with van der Waals surface area (Å²) in [5, 5.41) is 7.98. The largest absolute Gasteiger partial charge is 0.438 e. The highest BCUT2D eigenvalue weighted by molar-refractivity contribution is 6.04. The van der Waals surface area contributed by atoms with Crippen LogP contribution in [0.25, 0.3) is 22.4 Å². The van der Waals surface area contributed by atoms with Gasteiger partial charge in [-0.2, -0.15) is 10.1 Å². The number of amides is 1. The number of aryl methyl sites for hydroxylation is 2. The number of anilines is 1. The van der Waals surface area contributed by atoms with Crippen molar-refractivity contribution in [1.29, 1.82) is 0 Å². The predicted molar refractivity (Wildman–Crippen MR) is 132 cm³/mol. The number of nitrogens with zero attached hydrogens (tertiary/aromatic N) is 5. The minimum atomic E-state index is -0.226. The molecule has 3 aromatic heterocycles. The molecule has 2 aromatic carbocycles. The van der Waals surface area contributed by atoms with Crippen molar-refractivity contribution >= 4 is 22.6 Å². The molecule has 170 valence electrons. The van der Waals surface area contributed by atoms with Crippen LogP contribution in [-0.2, 0) is 7.05 Å². The molecule has 0 aliphatic rings. The molecule has 34 heavy (non-hydrogen) atoms. The highest BCUT2D eigenvalue weighted by Crippen LogP contribution is 2.30. The minimum Gasteiger partial charge on any atom is -0.438 e. The molecule has 0 radical (unpaired) electrons. The lowest BCUT2D eigenvalue weighted by molar-refractivity contribution is 0.102. The number of hydrogen-bond acceptors (Lipinski definition) is 6. The molecule has 8 heteroatoms. The molecule has 0 spiro atoms. The minimum absolute atomic E-state index is 0. The number of ether oxygens (including phenoxy) is 1. The van der Waals surface area contributed by atoms with Crippen molar-refractivity contribution in [2.24, 2.45) is 7.05 Å². The van der Waals surface area contributed by atoms with Crippen LogP contribution in [0.2, 0.25) is 0 Å². The molecule has 0 saturated heterocycles. The van der Waals surface area contributed by atoms with E-state index in [-0.39, 0.29) is 13.3 Å². The Balaban J connectivity index is 0.00000274. The Labute approximate surface area is 197 Å². The van der Waals surface area contributed by atoms with Gasteiger partial charge in [-0.3, -0.25) is 14.5 Å². The Morgan fingerprint density at radius 3 is 2.68 bits per heavy atom. The lowest BCUT2D eigenvalue weighted by Crippen LogP contribution is -2.11. The van der Waals surface area contributed by atoms with E-state index in [0.717, 1.165) is 16.8 Å². The fourth-order valence-electron chi connectivity index (χ4n) is 3.43. The number of carbonyl (C=O) groups excluding carboxylic acids is 1. The van der Waals surface area contributed by atoms with Gasteiger partial charge in [0.1, 0.15) is 11.1 Å². The van der Waals surface area contributed by atoms with Crippen LogP contribution in [0.1, 0.15) is 23.3 Å². The van der Waals surface area contributed by atoms with E-state index in [2.05, 4.69) is 25.4 Å². The number of nitrogens with one attached hydrogen (secondary N) is 1. The van der Waals surface area contributed by atoms with E-state index in [1.165, 1.54) is 0 Å². The monoisotopic (exact) mass is 452 g/mol. The van der Waals surface area contributed by atoms with E-state index in [0.29, 0.717) is 34.1 Å². The second-order valence-corrected chi connectivity index (χ2v) is 7.59. The van der Waals surface area contributed by atoms with E-state index in [1.807, 2.05) is 50.4 Å². The highest BCUT2D eigenvalue weighted by Gasteiger charge is 2.15. The summed E-state index contributed by atoms with van der Waals surface area (Å²) in [5.41, 5.74) is 3.53. The Morgan fingerprint density at radius 2 is 1.88 bits per heavy atom. The number of benzene rings is 2. The first kappa shape index (κ1) is 22.6. The number of rotatable bonds is 5. The molecule has 0 aliphatic heterocycles. The molecule has 0 atom stereocenters. The average Bonchev–Trinajstić information content (AvgIpc) is 3.20. The van der Waals surface area contributed by atoms with Gasteiger partial charge in [-0.25, -0.2) is 4.98 Å². The summed E-state index contributed by atoms with van der Waals surface area (Å²) in [7, 11) is 1.81. The van der Waals surface area contributed by atoms with Gasteiger partial charge in [-0.05, 0) is 55.0 Å². The van der Waals surface area contributed by atoms with Gasteiger partial charge in [0.15, 0.2) is 11.5 Å². The molecule has 0 fully saturated rings. The molecule has 0 aliphatic carbocycles. The van der Waals surface area contributed by atoms with Crippen LogP contribution in [0.3, 0.4) is 0 Å². The fourth-order valence-corrected chi connectivity index (χ4v) is 3.43. The second-order valence-electron chi connectivity index (χ2n) is 7.59.